The molecule has 0 N–H and O–H groups in total. The van der Waals surface area contributed by atoms with E-state index in [1.165, 1.54) is 5.39 Å². The van der Waals surface area contributed by atoms with Crippen LogP contribution in [0.25, 0.3) is 32.3 Å². The number of hydrogen-bond donors (Lipinski definition) is 0. The van der Waals surface area contributed by atoms with E-state index in [9.17, 15) is 0 Å². The Hall–Kier alpha value is -4.37. The Balaban J connectivity index is 1.64. The quantitative estimate of drug-likeness (QED) is 0.273. The largest absolute Gasteiger partial charge is 0.452 e. The van der Waals surface area contributed by atoms with Crippen molar-refractivity contribution in [3.05, 3.63) is 109 Å². The van der Waals surface area contributed by atoms with Crippen LogP contribution in [0.4, 0.5) is 17.2 Å². The van der Waals surface area contributed by atoms with Gasteiger partial charge in [0.1, 0.15) is 5.82 Å². The lowest BCUT2D eigenvalue weighted by molar-refractivity contribution is 0.483. The second-order valence-corrected chi connectivity index (χ2v) is 8.06. The molecule has 32 heavy (non-hydrogen) atoms. The van der Waals surface area contributed by atoms with Crippen molar-refractivity contribution in [1.29, 1.82) is 0 Å². The van der Waals surface area contributed by atoms with Gasteiger partial charge >= 0.3 is 0 Å². The predicted molar refractivity (Wildman–Crippen MR) is 132 cm³/mol. The summed E-state index contributed by atoms with van der Waals surface area (Å²) in [7, 11) is 0. The molecule has 1 aliphatic heterocycles. The van der Waals surface area contributed by atoms with Crippen LogP contribution in [0.3, 0.4) is 0 Å². The summed E-state index contributed by atoms with van der Waals surface area (Å²) in [6.45, 7) is 0. The fraction of sp³-hybridized carbons (Fsp3) is 0. The summed E-state index contributed by atoms with van der Waals surface area (Å²) in [5, 5.41) is 6.82. The van der Waals surface area contributed by atoms with Crippen LogP contribution in [-0.2, 0) is 0 Å². The van der Waals surface area contributed by atoms with Gasteiger partial charge in [-0.15, -0.1) is 0 Å². The average Bonchev–Trinajstić information content (AvgIpc) is 2.87. The van der Waals surface area contributed by atoms with Crippen LogP contribution in [0, 0.1) is 0 Å². The van der Waals surface area contributed by atoms with Crippen molar-refractivity contribution >= 4 is 49.5 Å². The van der Waals surface area contributed by atoms with Gasteiger partial charge in [0.2, 0.25) is 0 Å². The van der Waals surface area contributed by atoms with E-state index in [4.69, 9.17) is 9.72 Å². The number of aromatic nitrogens is 1. The first kappa shape index (κ1) is 17.3. The molecule has 0 atom stereocenters. The zero-order valence-corrected chi connectivity index (χ0v) is 17.2. The number of nitrogens with zero attached hydrogens (tertiary/aromatic N) is 2. The highest BCUT2D eigenvalue weighted by molar-refractivity contribution is 6.09. The van der Waals surface area contributed by atoms with E-state index in [2.05, 4.69) is 108 Å². The van der Waals surface area contributed by atoms with Gasteiger partial charge in [0.05, 0.1) is 11.4 Å². The van der Waals surface area contributed by atoms with Crippen molar-refractivity contribution in [1.82, 2.24) is 4.98 Å². The molecule has 150 valence electrons. The standard InChI is InChI=1S/C29H18N2O/c1-4-10-22-19(7-1)14-16-26-27(22)31(29-24-12-6-3-9-21(24)17-18-30-29)25-15-13-20-8-2-5-11-23(20)28(25)32-26/h1-18H. The number of ether oxygens (including phenoxy) is 1. The van der Waals surface area contributed by atoms with Gasteiger partial charge < -0.3 is 4.74 Å². The highest BCUT2D eigenvalue weighted by atomic mass is 16.5. The second-order valence-electron chi connectivity index (χ2n) is 8.06. The first-order chi connectivity index (χ1) is 15.9. The smallest absolute Gasteiger partial charge is 0.159 e. The van der Waals surface area contributed by atoms with Crippen LogP contribution in [0.1, 0.15) is 0 Å². The molecule has 0 amide bonds. The van der Waals surface area contributed by atoms with Crippen LogP contribution < -0.4 is 9.64 Å². The van der Waals surface area contributed by atoms with Gasteiger partial charge in [0, 0.05) is 22.4 Å². The third-order valence-electron chi connectivity index (χ3n) is 6.26. The van der Waals surface area contributed by atoms with Gasteiger partial charge in [-0.25, -0.2) is 4.98 Å². The number of anilines is 3. The summed E-state index contributed by atoms with van der Waals surface area (Å²) in [4.78, 5) is 7.15. The molecule has 3 nitrogen and oxygen atoms in total. The zero-order valence-electron chi connectivity index (χ0n) is 17.2. The van der Waals surface area contributed by atoms with Crippen molar-refractivity contribution in [2.45, 2.75) is 0 Å². The second kappa shape index (κ2) is 6.56. The lowest BCUT2D eigenvalue weighted by Crippen LogP contribution is -2.18. The van der Waals surface area contributed by atoms with E-state index in [0.29, 0.717) is 0 Å². The third-order valence-corrected chi connectivity index (χ3v) is 6.26. The van der Waals surface area contributed by atoms with Gasteiger partial charge in [-0.05, 0) is 34.4 Å². The van der Waals surface area contributed by atoms with Gasteiger partial charge in [0.25, 0.3) is 0 Å². The molecule has 0 fully saturated rings. The van der Waals surface area contributed by atoms with Crippen molar-refractivity contribution < 1.29 is 4.74 Å². The average molecular weight is 410 g/mol. The minimum atomic E-state index is 0.835. The van der Waals surface area contributed by atoms with Gasteiger partial charge in [-0.3, -0.25) is 4.90 Å². The molecule has 1 aromatic heterocycles. The molecular formula is C29H18N2O. The molecule has 3 heteroatoms. The molecule has 5 aromatic carbocycles. The SMILES string of the molecule is c1ccc2c(N3c4ccc5ccccc5c4Oc4ccc5ccccc5c43)nccc2c1. The Morgan fingerprint density at radius 2 is 1.19 bits per heavy atom. The van der Waals surface area contributed by atoms with E-state index in [0.717, 1.165) is 55.6 Å². The monoisotopic (exact) mass is 410 g/mol. The van der Waals surface area contributed by atoms with E-state index in [1.807, 2.05) is 6.20 Å². The molecule has 0 spiro atoms. The molecule has 6 aromatic rings. The summed E-state index contributed by atoms with van der Waals surface area (Å²) in [5.41, 5.74) is 2.02. The fourth-order valence-electron chi connectivity index (χ4n) is 4.80. The first-order valence-corrected chi connectivity index (χ1v) is 10.7. The van der Waals surface area contributed by atoms with E-state index < -0.39 is 0 Å². The Morgan fingerprint density at radius 1 is 0.562 bits per heavy atom. The lowest BCUT2D eigenvalue weighted by atomic mass is 10.0. The number of pyridine rings is 1. The molecule has 0 saturated carbocycles. The van der Waals surface area contributed by atoms with Gasteiger partial charge in [0.15, 0.2) is 11.5 Å². The molecule has 2 heterocycles. The normalized spacial score (nSPS) is 12.6. The summed E-state index contributed by atoms with van der Waals surface area (Å²) in [6, 6.07) is 35.8. The van der Waals surface area contributed by atoms with E-state index in [1.54, 1.807) is 0 Å². The maximum absolute atomic E-state index is 6.59. The number of benzene rings is 5. The minimum absolute atomic E-state index is 0.835. The molecular weight excluding hydrogens is 392 g/mol. The minimum Gasteiger partial charge on any atom is -0.452 e. The van der Waals surface area contributed by atoms with Crippen molar-refractivity contribution in [3.63, 3.8) is 0 Å². The Labute approximate surface area is 185 Å². The van der Waals surface area contributed by atoms with Crippen LogP contribution in [0.5, 0.6) is 11.5 Å². The number of rotatable bonds is 1. The van der Waals surface area contributed by atoms with Crippen LogP contribution in [-0.4, -0.2) is 4.98 Å². The molecule has 0 radical (unpaired) electrons. The Bertz CT molecular complexity index is 1670. The van der Waals surface area contributed by atoms with Crippen molar-refractivity contribution in [2.24, 2.45) is 0 Å². The maximum Gasteiger partial charge on any atom is 0.159 e. The lowest BCUT2D eigenvalue weighted by Gasteiger charge is -2.34. The fourth-order valence-corrected chi connectivity index (χ4v) is 4.80. The molecule has 0 bridgehead atoms. The highest BCUT2D eigenvalue weighted by Gasteiger charge is 2.30. The maximum atomic E-state index is 6.59. The highest BCUT2D eigenvalue weighted by Crippen LogP contribution is 2.55. The molecule has 7 rings (SSSR count). The molecule has 0 saturated heterocycles. The zero-order chi connectivity index (χ0) is 21.1. The Kier molecular flexibility index (Phi) is 3.55. The van der Waals surface area contributed by atoms with Crippen molar-refractivity contribution in [3.8, 4) is 11.5 Å². The van der Waals surface area contributed by atoms with E-state index >= 15 is 0 Å². The molecule has 1 aliphatic rings. The van der Waals surface area contributed by atoms with Crippen LogP contribution in [0.15, 0.2) is 109 Å². The van der Waals surface area contributed by atoms with Crippen LogP contribution in [0.2, 0.25) is 0 Å². The first-order valence-electron chi connectivity index (χ1n) is 10.7. The molecule has 0 unspecified atom stereocenters. The summed E-state index contributed by atoms with van der Waals surface area (Å²) < 4.78 is 6.59. The topological polar surface area (TPSA) is 25.4 Å². The van der Waals surface area contributed by atoms with Crippen LogP contribution >= 0.6 is 0 Å². The summed E-state index contributed by atoms with van der Waals surface area (Å²) >= 11 is 0. The third kappa shape index (κ3) is 2.39. The summed E-state index contributed by atoms with van der Waals surface area (Å²) in [5.74, 6) is 2.60. The summed E-state index contributed by atoms with van der Waals surface area (Å²) in [6.07, 6.45) is 1.89. The van der Waals surface area contributed by atoms with Crippen molar-refractivity contribution in [2.75, 3.05) is 4.90 Å². The van der Waals surface area contributed by atoms with E-state index in [-0.39, 0.29) is 0 Å². The number of fused-ring (bicyclic) bond motifs is 7. The predicted octanol–water partition coefficient (Wildman–Crippen LogP) is 8.12. The number of hydrogen-bond acceptors (Lipinski definition) is 3. The van der Waals surface area contributed by atoms with Gasteiger partial charge in [-0.1, -0.05) is 84.9 Å². The molecule has 0 aliphatic carbocycles. The van der Waals surface area contributed by atoms with Gasteiger partial charge in [-0.2, -0.15) is 0 Å². The Morgan fingerprint density at radius 3 is 2.00 bits per heavy atom.